The van der Waals surface area contributed by atoms with Crippen LogP contribution in [0.5, 0.6) is 0 Å². The topological polar surface area (TPSA) is 55.4 Å². The number of rotatable bonds is 6. The van der Waals surface area contributed by atoms with Gasteiger partial charge in [-0.3, -0.25) is 9.59 Å². The van der Waals surface area contributed by atoms with E-state index in [1.54, 1.807) is 36.4 Å². The van der Waals surface area contributed by atoms with Crippen molar-refractivity contribution in [3.8, 4) is 11.1 Å². The lowest BCUT2D eigenvalue weighted by molar-refractivity contribution is 0.0857. The lowest BCUT2D eigenvalue weighted by atomic mass is 9.98. The summed E-state index contributed by atoms with van der Waals surface area (Å²) in [5.74, 6) is -0.569. The Morgan fingerprint density at radius 2 is 1.93 bits per heavy atom. The standard InChI is InChI=1S/C22H22FNO3/c23-20-12-16(21(25)14-6-7-14)8-9-19(20)15-3-1-4-17(11-15)22(26)24-13-18-5-2-10-27-18/h1,3-4,8-9,11-12,14,18H,2,5-7,10,13H2,(H,24,26). The molecule has 4 nitrogen and oxygen atoms in total. The Balaban J connectivity index is 1.49. The molecule has 140 valence electrons. The van der Waals surface area contributed by atoms with Crippen LogP contribution in [0.1, 0.15) is 46.4 Å². The molecule has 0 radical (unpaired) electrons. The molecule has 2 aromatic carbocycles. The van der Waals surface area contributed by atoms with Gasteiger partial charge in [-0.15, -0.1) is 0 Å². The molecule has 1 atom stereocenters. The largest absolute Gasteiger partial charge is 0.376 e. The number of amides is 1. The van der Waals surface area contributed by atoms with Crippen molar-refractivity contribution in [1.29, 1.82) is 0 Å². The average molecular weight is 367 g/mol. The molecule has 1 amide bonds. The first kappa shape index (κ1) is 17.9. The predicted octanol–water partition coefficient (Wildman–Crippen LogP) is 3.99. The number of hydrogen-bond donors (Lipinski definition) is 1. The first-order chi connectivity index (χ1) is 13.1. The van der Waals surface area contributed by atoms with Crippen molar-refractivity contribution in [2.75, 3.05) is 13.2 Å². The van der Waals surface area contributed by atoms with Crippen LogP contribution in [0.4, 0.5) is 4.39 Å². The quantitative estimate of drug-likeness (QED) is 0.786. The molecular weight excluding hydrogens is 345 g/mol. The van der Waals surface area contributed by atoms with E-state index in [9.17, 15) is 14.0 Å². The summed E-state index contributed by atoms with van der Waals surface area (Å²) in [5, 5.41) is 2.88. The van der Waals surface area contributed by atoms with Crippen molar-refractivity contribution in [2.24, 2.45) is 5.92 Å². The summed E-state index contributed by atoms with van der Waals surface area (Å²) in [6.45, 7) is 1.23. The van der Waals surface area contributed by atoms with Gasteiger partial charge in [0.2, 0.25) is 0 Å². The molecule has 1 saturated carbocycles. The van der Waals surface area contributed by atoms with Gasteiger partial charge in [-0.25, -0.2) is 4.39 Å². The molecule has 2 aliphatic rings. The second-order valence-corrected chi connectivity index (χ2v) is 7.26. The molecule has 1 aliphatic carbocycles. The summed E-state index contributed by atoms with van der Waals surface area (Å²) in [5.41, 5.74) is 1.89. The highest BCUT2D eigenvalue weighted by Crippen LogP contribution is 2.33. The third-order valence-electron chi connectivity index (χ3n) is 5.15. The van der Waals surface area contributed by atoms with Crippen LogP contribution in [0, 0.1) is 11.7 Å². The third-order valence-corrected chi connectivity index (χ3v) is 5.15. The van der Waals surface area contributed by atoms with Crippen LogP contribution >= 0.6 is 0 Å². The molecule has 1 N–H and O–H groups in total. The van der Waals surface area contributed by atoms with Crippen molar-refractivity contribution in [1.82, 2.24) is 5.32 Å². The van der Waals surface area contributed by atoms with E-state index in [0.29, 0.717) is 28.8 Å². The highest BCUT2D eigenvalue weighted by Gasteiger charge is 2.30. The minimum atomic E-state index is -0.446. The molecule has 5 heteroatoms. The Kier molecular flexibility index (Phi) is 5.03. The predicted molar refractivity (Wildman–Crippen MR) is 100 cm³/mol. The van der Waals surface area contributed by atoms with Gasteiger partial charge in [0, 0.05) is 35.8 Å². The maximum absolute atomic E-state index is 14.6. The van der Waals surface area contributed by atoms with Crippen LogP contribution in [0.15, 0.2) is 42.5 Å². The molecule has 27 heavy (non-hydrogen) atoms. The van der Waals surface area contributed by atoms with E-state index in [1.807, 2.05) is 0 Å². The van der Waals surface area contributed by atoms with Crippen molar-refractivity contribution in [3.63, 3.8) is 0 Å². The maximum Gasteiger partial charge on any atom is 0.251 e. The van der Waals surface area contributed by atoms with Gasteiger partial charge >= 0.3 is 0 Å². The van der Waals surface area contributed by atoms with E-state index in [2.05, 4.69) is 5.32 Å². The number of nitrogens with one attached hydrogen (secondary N) is 1. The van der Waals surface area contributed by atoms with Crippen molar-refractivity contribution in [2.45, 2.75) is 31.8 Å². The lowest BCUT2D eigenvalue weighted by Crippen LogP contribution is -2.31. The highest BCUT2D eigenvalue weighted by molar-refractivity contribution is 6.00. The Labute approximate surface area is 157 Å². The lowest BCUT2D eigenvalue weighted by Gasteiger charge is -2.12. The van der Waals surface area contributed by atoms with Crippen LogP contribution in [-0.4, -0.2) is 30.9 Å². The number of ether oxygens (including phenoxy) is 1. The summed E-state index contributed by atoms with van der Waals surface area (Å²) in [7, 11) is 0. The fraction of sp³-hybridized carbons (Fsp3) is 0.364. The Morgan fingerprint density at radius 3 is 2.63 bits per heavy atom. The summed E-state index contributed by atoms with van der Waals surface area (Å²) >= 11 is 0. The first-order valence-electron chi connectivity index (χ1n) is 9.46. The average Bonchev–Trinajstić information content (AvgIpc) is 3.41. The Hall–Kier alpha value is -2.53. The monoisotopic (exact) mass is 367 g/mol. The van der Waals surface area contributed by atoms with Gasteiger partial charge in [-0.1, -0.05) is 24.3 Å². The minimum Gasteiger partial charge on any atom is -0.376 e. The second kappa shape index (κ2) is 7.61. The fourth-order valence-corrected chi connectivity index (χ4v) is 3.43. The van der Waals surface area contributed by atoms with Crippen LogP contribution in [-0.2, 0) is 4.74 Å². The van der Waals surface area contributed by atoms with Crippen molar-refractivity contribution in [3.05, 3.63) is 59.4 Å². The molecule has 0 aromatic heterocycles. The molecule has 1 saturated heterocycles. The van der Waals surface area contributed by atoms with Gasteiger partial charge in [-0.05, 0) is 49.4 Å². The molecular formula is C22H22FNO3. The van der Waals surface area contributed by atoms with Gasteiger partial charge in [0.1, 0.15) is 5.82 Å². The van der Waals surface area contributed by atoms with E-state index < -0.39 is 5.82 Å². The van der Waals surface area contributed by atoms with Gasteiger partial charge in [0.05, 0.1) is 6.10 Å². The van der Waals surface area contributed by atoms with E-state index in [1.165, 1.54) is 6.07 Å². The zero-order valence-corrected chi connectivity index (χ0v) is 15.0. The van der Waals surface area contributed by atoms with E-state index in [-0.39, 0.29) is 23.7 Å². The maximum atomic E-state index is 14.6. The van der Waals surface area contributed by atoms with E-state index >= 15 is 0 Å². The normalized spacial score (nSPS) is 19.1. The molecule has 1 aliphatic heterocycles. The number of ketones is 1. The number of hydrogen-bond acceptors (Lipinski definition) is 3. The summed E-state index contributed by atoms with van der Waals surface area (Å²) in [4.78, 5) is 24.5. The third kappa shape index (κ3) is 4.08. The van der Waals surface area contributed by atoms with Gasteiger partial charge in [-0.2, -0.15) is 0 Å². The molecule has 1 heterocycles. The number of carbonyl (C=O) groups is 2. The summed E-state index contributed by atoms with van der Waals surface area (Å²) in [6, 6.07) is 11.5. The molecule has 0 bridgehead atoms. The van der Waals surface area contributed by atoms with Gasteiger partial charge < -0.3 is 10.1 Å². The highest BCUT2D eigenvalue weighted by atomic mass is 19.1. The zero-order valence-electron chi connectivity index (χ0n) is 15.0. The molecule has 2 aromatic rings. The zero-order chi connectivity index (χ0) is 18.8. The van der Waals surface area contributed by atoms with E-state index in [4.69, 9.17) is 4.74 Å². The fourth-order valence-electron chi connectivity index (χ4n) is 3.43. The number of halogens is 1. The van der Waals surface area contributed by atoms with Crippen LogP contribution in [0.25, 0.3) is 11.1 Å². The molecule has 0 spiro atoms. The van der Waals surface area contributed by atoms with Crippen LogP contribution in [0.3, 0.4) is 0 Å². The van der Waals surface area contributed by atoms with Crippen LogP contribution in [0.2, 0.25) is 0 Å². The molecule has 4 rings (SSSR count). The summed E-state index contributed by atoms with van der Waals surface area (Å²) in [6.07, 6.45) is 3.84. The van der Waals surface area contributed by atoms with Gasteiger partial charge in [0.25, 0.3) is 5.91 Å². The van der Waals surface area contributed by atoms with Gasteiger partial charge in [0.15, 0.2) is 5.78 Å². The number of Topliss-reactive ketones (excluding diaryl/α,β-unsaturated/α-hetero) is 1. The number of benzene rings is 2. The van der Waals surface area contributed by atoms with Crippen LogP contribution < -0.4 is 5.32 Å². The van der Waals surface area contributed by atoms with Crippen molar-refractivity contribution >= 4 is 11.7 Å². The SMILES string of the molecule is O=C(NCC1CCCO1)c1cccc(-c2ccc(C(=O)C3CC3)cc2F)c1. The number of carbonyl (C=O) groups excluding carboxylic acids is 2. The summed E-state index contributed by atoms with van der Waals surface area (Å²) < 4.78 is 20.1. The Bertz CT molecular complexity index is 870. The van der Waals surface area contributed by atoms with Crippen molar-refractivity contribution < 1.29 is 18.7 Å². The smallest absolute Gasteiger partial charge is 0.251 e. The molecule has 2 fully saturated rings. The second-order valence-electron chi connectivity index (χ2n) is 7.26. The molecule has 1 unspecified atom stereocenters. The minimum absolute atomic E-state index is 0.0164. The van der Waals surface area contributed by atoms with E-state index in [0.717, 1.165) is 32.3 Å². The Morgan fingerprint density at radius 1 is 1.07 bits per heavy atom. The first-order valence-corrected chi connectivity index (χ1v) is 9.46.